The summed E-state index contributed by atoms with van der Waals surface area (Å²) in [6, 6.07) is 13.4. The number of rotatable bonds is 7. The first kappa shape index (κ1) is 21.0. The third-order valence-electron chi connectivity index (χ3n) is 5.25. The maximum absolute atomic E-state index is 13.4. The highest BCUT2D eigenvalue weighted by atomic mass is 19.1. The van der Waals surface area contributed by atoms with Crippen LogP contribution >= 0.6 is 0 Å². The van der Waals surface area contributed by atoms with Gasteiger partial charge < -0.3 is 20.3 Å². The van der Waals surface area contributed by atoms with Gasteiger partial charge in [0, 0.05) is 37.9 Å². The highest BCUT2D eigenvalue weighted by Gasteiger charge is 2.23. The lowest BCUT2D eigenvalue weighted by atomic mass is 10.1. The number of hydrogen-bond acceptors (Lipinski definition) is 3. The van der Waals surface area contributed by atoms with Crippen LogP contribution < -0.4 is 20.3 Å². The highest BCUT2D eigenvalue weighted by molar-refractivity contribution is 5.79. The monoisotopic (exact) mass is 398 g/mol. The van der Waals surface area contributed by atoms with E-state index in [1.165, 1.54) is 11.8 Å². The molecule has 1 saturated heterocycles. The Morgan fingerprint density at radius 1 is 1.24 bits per heavy atom. The zero-order valence-electron chi connectivity index (χ0n) is 17.5. The third kappa shape index (κ3) is 5.86. The summed E-state index contributed by atoms with van der Waals surface area (Å²) in [5.41, 5.74) is 2.87. The molecule has 6 heteroatoms. The van der Waals surface area contributed by atoms with E-state index >= 15 is 0 Å². The van der Waals surface area contributed by atoms with Gasteiger partial charge >= 0.3 is 0 Å². The van der Waals surface area contributed by atoms with Crippen LogP contribution in [0.5, 0.6) is 5.75 Å². The summed E-state index contributed by atoms with van der Waals surface area (Å²) in [5.74, 6) is 2.07. The first-order chi connectivity index (χ1) is 14.1. The smallest absolute Gasteiger partial charge is 0.191 e. The molecule has 1 aliphatic heterocycles. The number of benzene rings is 2. The van der Waals surface area contributed by atoms with Crippen LogP contribution in [0, 0.1) is 18.7 Å². The van der Waals surface area contributed by atoms with Gasteiger partial charge in [-0.15, -0.1) is 0 Å². The largest absolute Gasteiger partial charge is 0.497 e. The van der Waals surface area contributed by atoms with Gasteiger partial charge in [0.1, 0.15) is 11.6 Å². The average Bonchev–Trinajstić information content (AvgIpc) is 3.21. The van der Waals surface area contributed by atoms with E-state index in [0.29, 0.717) is 18.0 Å². The lowest BCUT2D eigenvalue weighted by Crippen LogP contribution is -2.40. The molecule has 156 valence electrons. The van der Waals surface area contributed by atoms with Crippen molar-refractivity contribution < 1.29 is 9.13 Å². The number of methoxy groups -OCH3 is 1. The van der Waals surface area contributed by atoms with Gasteiger partial charge in [0.15, 0.2) is 5.96 Å². The quantitative estimate of drug-likeness (QED) is 0.551. The molecule has 0 amide bonds. The van der Waals surface area contributed by atoms with Crippen molar-refractivity contribution in [2.24, 2.45) is 10.9 Å². The van der Waals surface area contributed by atoms with Crippen molar-refractivity contribution in [3.8, 4) is 5.75 Å². The lowest BCUT2D eigenvalue weighted by molar-refractivity contribution is 0.415. The van der Waals surface area contributed by atoms with E-state index in [-0.39, 0.29) is 5.82 Å². The number of guanidine groups is 1. The molecule has 1 fully saturated rings. The van der Waals surface area contributed by atoms with Crippen LogP contribution in [0.25, 0.3) is 0 Å². The zero-order chi connectivity index (χ0) is 20.6. The predicted molar refractivity (Wildman–Crippen MR) is 117 cm³/mol. The summed E-state index contributed by atoms with van der Waals surface area (Å²) in [7, 11) is 1.70. The van der Waals surface area contributed by atoms with Crippen LogP contribution in [0.2, 0.25) is 0 Å². The minimum absolute atomic E-state index is 0.176. The number of ether oxygens (including phenoxy) is 1. The number of hydrogen-bond donors (Lipinski definition) is 2. The minimum Gasteiger partial charge on any atom is -0.497 e. The van der Waals surface area contributed by atoms with Crippen molar-refractivity contribution in [3.05, 3.63) is 59.4 Å². The molecule has 0 spiro atoms. The van der Waals surface area contributed by atoms with Crippen molar-refractivity contribution in [2.75, 3.05) is 38.2 Å². The Hall–Kier alpha value is -2.76. The van der Waals surface area contributed by atoms with Gasteiger partial charge in [-0.3, -0.25) is 0 Å². The molecule has 2 N–H and O–H groups in total. The van der Waals surface area contributed by atoms with Gasteiger partial charge in [0.05, 0.1) is 13.7 Å². The third-order valence-corrected chi connectivity index (χ3v) is 5.25. The van der Waals surface area contributed by atoms with Crippen LogP contribution in [0.4, 0.5) is 10.1 Å². The first-order valence-electron chi connectivity index (χ1n) is 10.2. The molecule has 2 aromatic carbocycles. The first-order valence-corrected chi connectivity index (χ1v) is 10.2. The van der Waals surface area contributed by atoms with E-state index in [2.05, 4.69) is 39.6 Å². The SMILES string of the molecule is CCNC(=NCc1ccc(F)c(C)c1)NCC1CCN(c2cccc(OC)c2)C1. The molecule has 0 bridgehead atoms. The van der Waals surface area contributed by atoms with Crippen LogP contribution in [-0.4, -0.2) is 39.2 Å². The van der Waals surface area contributed by atoms with Crippen LogP contribution in [0.15, 0.2) is 47.5 Å². The maximum atomic E-state index is 13.4. The molecule has 1 aliphatic rings. The van der Waals surface area contributed by atoms with Gasteiger partial charge in [-0.2, -0.15) is 0 Å². The second kappa shape index (κ2) is 10.1. The number of nitrogens with zero attached hydrogens (tertiary/aromatic N) is 2. The summed E-state index contributed by atoms with van der Waals surface area (Å²) in [6.45, 7) is 8.08. The highest BCUT2D eigenvalue weighted by Crippen LogP contribution is 2.26. The van der Waals surface area contributed by atoms with Crippen LogP contribution in [0.1, 0.15) is 24.5 Å². The minimum atomic E-state index is -0.176. The van der Waals surface area contributed by atoms with Crippen LogP contribution in [-0.2, 0) is 6.54 Å². The van der Waals surface area contributed by atoms with Gasteiger partial charge in [0.25, 0.3) is 0 Å². The fourth-order valence-electron chi connectivity index (χ4n) is 3.60. The molecule has 0 aromatic heterocycles. The number of aliphatic imine (C=N–C) groups is 1. The second-order valence-electron chi connectivity index (χ2n) is 7.46. The average molecular weight is 399 g/mol. The van der Waals surface area contributed by atoms with E-state index in [9.17, 15) is 4.39 Å². The molecular formula is C23H31FN4O. The molecule has 1 atom stereocenters. The fourth-order valence-corrected chi connectivity index (χ4v) is 3.60. The topological polar surface area (TPSA) is 48.9 Å². The van der Waals surface area contributed by atoms with Crippen molar-refractivity contribution >= 4 is 11.6 Å². The fraction of sp³-hybridized carbons (Fsp3) is 0.435. The molecule has 29 heavy (non-hydrogen) atoms. The van der Waals surface area contributed by atoms with Crippen molar-refractivity contribution in [1.82, 2.24) is 10.6 Å². The number of aryl methyl sites for hydroxylation is 1. The Morgan fingerprint density at radius 3 is 2.86 bits per heavy atom. The summed E-state index contributed by atoms with van der Waals surface area (Å²) in [6.07, 6.45) is 1.14. The summed E-state index contributed by atoms with van der Waals surface area (Å²) < 4.78 is 18.8. The van der Waals surface area contributed by atoms with E-state index in [1.807, 2.05) is 18.2 Å². The summed E-state index contributed by atoms with van der Waals surface area (Å²) in [5, 5.41) is 6.76. The molecule has 0 aliphatic carbocycles. The Balaban J connectivity index is 1.54. The van der Waals surface area contributed by atoms with Gasteiger partial charge in [-0.25, -0.2) is 9.38 Å². The molecular weight excluding hydrogens is 367 g/mol. The maximum Gasteiger partial charge on any atom is 0.191 e. The van der Waals surface area contributed by atoms with E-state index in [0.717, 1.165) is 49.9 Å². The molecule has 3 rings (SSSR count). The Kier molecular flexibility index (Phi) is 7.33. The Labute approximate surface area is 173 Å². The Bertz CT molecular complexity index is 839. The Morgan fingerprint density at radius 2 is 2.10 bits per heavy atom. The van der Waals surface area contributed by atoms with Crippen LogP contribution in [0.3, 0.4) is 0 Å². The molecule has 5 nitrogen and oxygen atoms in total. The molecule has 1 heterocycles. The summed E-state index contributed by atoms with van der Waals surface area (Å²) in [4.78, 5) is 7.06. The molecule has 1 unspecified atom stereocenters. The molecule has 0 saturated carbocycles. The summed E-state index contributed by atoms with van der Waals surface area (Å²) >= 11 is 0. The van der Waals surface area contributed by atoms with E-state index in [1.54, 1.807) is 20.1 Å². The van der Waals surface area contributed by atoms with Gasteiger partial charge in [-0.05, 0) is 55.5 Å². The van der Waals surface area contributed by atoms with E-state index < -0.39 is 0 Å². The number of nitrogens with one attached hydrogen (secondary N) is 2. The van der Waals surface area contributed by atoms with Crippen molar-refractivity contribution in [2.45, 2.75) is 26.8 Å². The number of halogens is 1. The van der Waals surface area contributed by atoms with Crippen molar-refractivity contribution in [1.29, 1.82) is 0 Å². The number of anilines is 1. The van der Waals surface area contributed by atoms with Gasteiger partial charge in [-0.1, -0.05) is 18.2 Å². The molecule has 0 radical (unpaired) electrons. The predicted octanol–water partition coefficient (Wildman–Crippen LogP) is 3.72. The van der Waals surface area contributed by atoms with Crippen molar-refractivity contribution in [3.63, 3.8) is 0 Å². The normalized spacial score (nSPS) is 16.8. The second-order valence-corrected chi connectivity index (χ2v) is 7.46. The van der Waals surface area contributed by atoms with E-state index in [4.69, 9.17) is 4.74 Å². The molecule has 2 aromatic rings. The standard InChI is InChI=1S/C23H31FN4O/c1-4-25-23(26-14-18-8-9-22(24)17(2)12-18)27-15-19-10-11-28(16-19)20-6-5-7-21(13-20)29-3/h5-9,12-13,19H,4,10-11,14-16H2,1-3H3,(H2,25,26,27). The van der Waals surface area contributed by atoms with Gasteiger partial charge in [0.2, 0.25) is 0 Å². The lowest BCUT2D eigenvalue weighted by Gasteiger charge is -2.20. The zero-order valence-corrected chi connectivity index (χ0v) is 17.5.